The summed E-state index contributed by atoms with van der Waals surface area (Å²) in [6.45, 7) is 1.10. The molecule has 0 aliphatic carbocycles. The Bertz CT molecular complexity index is 562. The molecule has 0 saturated carbocycles. The zero-order valence-electron chi connectivity index (χ0n) is 12.9. The fourth-order valence-corrected chi connectivity index (χ4v) is 3.17. The van der Waals surface area contributed by atoms with Crippen LogP contribution in [-0.4, -0.2) is 42.5 Å². The summed E-state index contributed by atoms with van der Waals surface area (Å²) in [7, 11) is 0. The van der Waals surface area contributed by atoms with E-state index in [-0.39, 0.29) is 12.5 Å². The van der Waals surface area contributed by atoms with Gasteiger partial charge in [0.05, 0.1) is 5.92 Å². The van der Waals surface area contributed by atoms with Gasteiger partial charge in [0.2, 0.25) is 0 Å². The Balaban J connectivity index is 1.91. The van der Waals surface area contributed by atoms with E-state index in [1.54, 1.807) is 0 Å². The number of carboxylic acid groups (broad SMARTS) is 1. The summed E-state index contributed by atoms with van der Waals surface area (Å²) in [5, 5.41) is 12.0. The second-order valence-electron chi connectivity index (χ2n) is 5.51. The minimum absolute atomic E-state index is 0.0265. The van der Waals surface area contributed by atoms with Crippen LogP contribution >= 0.6 is 11.8 Å². The van der Waals surface area contributed by atoms with Gasteiger partial charge in [-0.1, -0.05) is 11.8 Å². The maximum atomic E-state index is 12.3. The third kappa shape index (κ3) is 5.45. The van der Waals surface area contributed by atoms with Gasteiger partial charge >= 0.3 is 5.97 Å². The largest absolute Gasteiger partial charge is 0.481 e. The first-order valence-corrected chi connectivity index (χ1v) is 8.49. The molecule has 1 unspecified atom stereocenters. The van der Waals surface area contributed by atoms with Gasteiger partial charge in [-0.2, -0.15) is 8.78 Å². The first-order valence-electron chi connectivity index (χ1n) is 7.61. The molecule has 1 aliphatic rings. The van der Waals surface area contributed by atoms with E-state index >= 15 is 0 Å². The predicted octanol–water partition coefficient (Wildman–Crippen LogP) is 2.86. The van der Waals surface area contributed by atoms with Crippen LogP contribution < -0.4 is 5.32 Å². The lowest BCUT2D eigenvalue weighted by Gasteiger charge is -2.27. The highest BCUT2D eigenvalue weighted by atomic mass is 32.2. The highest BCUT2D eigenvalue weighted by Gasteiger charge is 2.30. The number of nitrogens with one attached hydrogen (secondary N) is 1. The first kappa shape index (κ1) is 18.7. The topological polar surface area (TPSA) is 75.6 Å². The minimum atomic E-state index is -2.51. The van der Waals surface area contributed by atoms with E-state index in [4.69, 9.17) is 4.74 Å². The van der Waals surface area contributed by atoms with Gasteiger partial charge in [-0.05, 0) is 43.0 Å². The Morgan fingerprint density at radius 1 is 1.25 bits per heavy atom. The Labute approximate surface area is 142 Å². The summed E-state index contributed by atoms with van der Waals surface area (Å²) in [4.78, 5) is 23.9. The smallest absolute Gasteiger partial charge is 0.308 e. The summed E-state index contributed by atoms with van der Waals surface area (Å²) >= 11 is 0.405. The van der Waals surface area contributed by atoms with Crippen molar-refractivity contribution in [2.24, 2.45) is 11.8 Å². The normalized spacial score (nSPS) is 16.8. The maximum absolute atomic E-state index is 12.3. The molecule has 132 valence electrons. The lowest BCUT2D eigenvalue weighted by atomic mass is 9.86. The summed E-state index contributed by atoms with van der Waals surface area (Å²) in [6.07, 6.45) is 1.32. The van der Waals surface area contributed by atoms with Crippen LogP contribution in [0.15, 0.2) is 29.2 Å². The average molecular weight is 359 g/mol. The highest BCUT2D eigenvalue weighted by molar-refractivity contribution is 7.99. The van der Waals surface area contributed by atoms with Crippen LogP contribution in [-0.2, 0) is 9.53 Å². The summed E-state index contributed by atoms with van der Waals surface area (Å²) < 4.78 is 29.7. The van der Waals surface area contributed by atoms with Crippen molar-refractivity contribution in [1.29, 1.82) is 0 Å². The fourth-order valence-electron chi connectivity index (χ4n) is 2.67. The van der Waals surface area contributed by atoms with E-state index in [1.165, 1.54) is 24.3 Å². The summed E-state index contributed by atoms with van der Waals surface area (Å²) in [5.41, 5.74) is 0.310. The van der Waals surface area contributed by atoms with Crippen molar-refractivity contribution < 1.29 is 28.2 Å². The standard InChI is InChI=1S/C16H19F2NO4S/c17-16(18)24-12-3-1-11(2-4-12)14(20)19-9-13(15(21)22)10-5-7-23-8-6-10/h1-4,10,13,16H,5-9H2,(H,19,20)(H,21,22). The van der Waals surface area contributed by atoms with E-state index < -0.39 is 23.6 Å². The SMILES string of the molecule is O=C(NCC(C(=O)O)C1CCOCC1)c1ccc(SC(F)F)cc1. The lowest BCUT2D eigenvalue weighted by molar-refractivity contribution is -0.144. The monoisotopic (exact) mass is 359 g/mol. The van der Waals surface area contributed by atoms with Crippen molar-refractivity contribution in [3.8, 4) is 0 Å². The maximum Gasteiger partial charge on any atom is 0.308 e. The number of carbonyl (C=O) groups is 2. The molecule has 1 heterocycles. The molecule has 0 aromatic heterocycles. The zero-order valence-corrected chi connectivity index (χ0v) is 13.7. The zero-order chi connectivity index (χ0) is 17.5. The molecule has 0 spiro atoms. The second-order valence-corrected chi connectivity index (χ2v) is 6.57. The van der Waals surface area contributed by atoms with E-state index in [2.05, 4.69) is 5.32 Å². The second kappa shape index (κ2) is 8.98. The molecule has 1 saturated heterocycles. The van der Waals surface area contributed by atoms with Gasteiger partial charge in [0.1, 0.15) is 0 Å². The number of rotatable bonds is 7. The number of thioether (sulfide) groups is 1. The lowest BCUT2D eigenvalue weighted by Crippen LogP contribution is -2.38. The van der Waals surface area contributed by atoms with Crippen molar-refractivity contribution >= 4 is 23.6 Å². The average Bonchev–Trinajstić information content (AvgIpc) is 2.55. The van der Waals surface area contributed by atoms with Gasteiger partial charge < -0.3 is 15.2 Å². The van der Waals surface area contributed by atoms with Gasteiger partial charge in [0, 0.05) is 30.2 Å². The Morgan fingerprint density at radius 2 is 1.88 bits per heavy atom. The third-order valence-electron chi connectivity index (χ3n) is 3.98. The quantitative estimate of drug-likeness (QED) is 0.732. The number of carboxylic acids is 1. The Hall–Kier alpha value is -1.67. The van der Waals surface area contributed by atoms with Crippen LogP contribution in [0.25, 0.3) is 0 Å². The van der Waals surface area contributed by atoms with Crippen molar-refractivity contribution in [3.63, 3.8) is 0 Å². The van der Waals surface area contributed by atoms with Gasteiger partial charge in [-0.25, -0.2) is 0 Å². The molecular formula is C16H19F2NO4S. The molecule has 5 nitrogen and oxygen atoms in total. The third-order valence-corrected chi connectivity index (χ3v) is 4.70. The molecule has 2 N–H and O–H groups in total. The molecule has 1 amide bonds. The molecule has 1 atom stereocenters. The van der Waals surface area contributed by atoms with E-state index in [9.17, 15) is 23.5 Å². The van der Waals surface area contributed by atoms with Crippen LogP contribution in [0.1, 0.15) is 23.2 Å². The molecular weight excluding hydrogens is 340 g/mol. The number of aliphatic carboxylic acids is 1. The summed E-state index contributed by atoms with van der Waals surface area (Å²) in [6, 6.07) is 5.78. The van der Waals surface area contributed by atoms with Crippen LogP contribution in [0.5, 0.6) is 0 Å². The van der Waals surface area contributed by atoms with Crippen LogP contribution in [0, 0.1) is 11.8 Å². The molecule has 2 rings (SSSR count). The number of carbonyl (C=O) groups excluding carboxylic acids is 1. The molecule has 1 aliphatic heterocycles. The van der Waals surface area contributed by atoms with E-state index in [1.807, 2.05) is 0 Å². The van der Waals surface area contributed by atoms with E-state index in [0.717, 1.165) is 0 Å². The molecule has 1 aromatic carbocycles. The van der Waals surface area contributed by atoms with Crippen molar-refractivity contribution in [2.45, 2.75) is 23.5 Å². The predicted molar refractivity (Wildman–Crippen MR) is 85.3 cm³/mol. The van der Waals surface area contributed by atoms with Crippen LogP contribution in [0.4, 0.5) is 8.78 Å². The van der Waals surface area contributed by atoms with Crippen molar-refractivity contribution in [1.82, 2.24) is 5.32 Å². The molecule has 0 radical (unpaired) electrons. The molecule has 0 bridgehead atoms. The number of hydrogen-bond acceptors (Lipinski definition) is 4. The Kier molecular flexibility index (Phi) is 6.99. The van der Waals surface area contributed by atoms with Crippen molar-refractivity contribution in [3.05, 3.63) is 29.8 Å². The number of hydrogen-bond donors (Lipinski definition) is 2. The number of ether oxygens (including phenoxy) is 1. The molecule has 8 heteroatoms. The molecule has 1 fully saturated rings. The minimum Gasteiger partial charge on any atom is -0.481 e. The van der Waals surface area contributed by atoms with Gasteiger partial charge in [-0.15, -0.1) is 0 Å². The number of alkyl halides is 2. The van der Waals surface area contributed by atoms with Gasteiger partial charge in [-0.3, -0.25) is 9.59 Å². The van der Waals surface area contributed by atoms with Crippen LogP contribution in [0.3, 0.4) is 0 Å². The highest BCUT2D eigenvalue weighted by Crippen LogP contribution is 2.26. The number of halogens is 2. The van der Waals surface area contributed by atoms with Crippen LogP contribution in [0.2, 0.25) is 0 Å². The first-order chi connectivity index (χ1) is 11.5. The Morgan fingerprint density at radius 3 is 2.42 bits per heavy atom. The molecule has 1 aromatic rings. The molecule has 24 heavy (non-hydrogen) atoms. The van der Waals surface area contributed by atoms with Gasteiger partial charge in [0.15, 0.2) is 0 Å². The number of amides is 1. The van der Waals surface area contributed by atoms with E-state index in [0.29, 0.717) is 48.3 Å². The van der Waals surface area contributed by atoms with Gasteiger partial charge in [0.25, 0.3) is 11.7 Å². The van der Waals surface area contributed by atoms with Crippen molar-refractivity contribution in [2.75, 3.05) is 19.8 Å². The number of benzene rings is 1. The summed E-state index contributed by atoms with van der Waals surface area (Å²) in [5.74, 6) is -4.55. The fraction of sp³-hybridized carbons (Fsp3) is 0.500.